The van der Waals surface area contributed by atoms with Crippen LogP contribution in [0.3, 0.4) is 0 Å². The van der Waals surface area contributed by atoms with Gasteiger partial charge in [-0.3, -0.25) is 9.59 Å². The number of carboxylic acid groups (broad SMARTS) is 1. The second-order valence-corrected chi connectivity index (χ2v) is 5.56. The lowest BCUT2D eigenvalue weighted by molar-refractivity contribution is -0.138. The molecule has 1 fully saturated rings. The van der Waals surface area contributed by atoms with Crippen molar-refractivity contribution in [3.63, 3.8) is 0 Å². The van der Waals surface area contributed by atoms with Gasteiger partial charge in [-0.15, -0.1) is 0 Å². The lowest BCUT2D eigenvalue weighted by Crippen LogP contribution is -2.30. The van der Waals surface area contributed by atoms with Gasteiger partial charge < -0.3 is 10.4 Å². The van der Waals surface area contributed by atoms with Crippen molar-refractivity contribution >= 4 is 11.9 Å². The molecular formula is C15H17F2NO3. The molecule has 0 heterocycles. The van der Waals surface area contributed by atoms with Gasteiger partial charge in [0.15, 0.2) is 0 Å². The normalized spacial score (nSPS) is 21.7. The van der Waals surface area contributed by atoms with Gasteiger partial charge in [0.2, 0.25) is 5.91 Å². The molecule has 0 bridgehead atoms. The number of hydrogen-bond donors (Lipinski definition) is 2. The van der Waals surface area contributed by atoms with Crippen molar-refractivity contribution in [1.82, 2.24) is 5.32 Å². The lowest BCUT2D eigenvalue weighted by atomic mass is 10.1. The van der Waals surface area contributed by atoms with E-state index in [9.17, 15) is 18.4 Å². The van der Waals surface area contributed by atoms with Crippen molar-refractivity contribution in [3.8, 4) is 0 Å². The summed E-state index contributed by atoms with van der Waals surface area (Å²) in [7, 11) is 0. The maximum absolute atomic E-state index is 13.6. The van der Waals surface area contributed by atoms with Gasteiger partial charge in [0.25, 0.3) is 0 Å². The van der Waals surface area contributed by atoms with Crippen LogP contribution < -0.4 is 5.32 Å². The maximum Gasteiger partial charge on any atom is 0.303 e. The second-order valence-electron chi connectivity index (χ2n) is 5.56. The molecular weight excluding hydrogens is 280 g/mol. The topological polar surface area (TPSA) is 66.4 Å². The molecule has 1 saturated carbocycles. The van der Waals surface area contributed by atoms with Crippen molar-refractivity contribution in [2.45, 2.75) is 25.7 Å². The minimum atomic E-state index is -0.908. The summed E-state index contributed by atoms with van der Waals surface area (Å²) in [5, 5.41) is 11.3. The Labute approximate surface area is 121 Å². The van der Waals surface area contributed by atoms with Crippen molar-refractivity contribution < 1.29 is 23.5 Å². The molecule has 1 aromatic rings. The highest BCUT2D eigenvalue weighted by molar-refractivity contribution is 5.83. The minimum absolute atomic E-state index is 0.0129. The predicted molar refractivity (Wildman–Crippen MR) is 71.6 cm³/mol. The largest absolute Gasteiger partial charge is 0.481 e. The average Bonchev–Trinajstić information content (AvgIpc) is 3.15. The van der Waals surface area contributed by atoms with Crippen LogP contribution >= 0.6 is 0 Å². The summed E-state index contributed by atoms with van der Waals surface area (Å²) in [4.78, 5) is 22.4. The van der Waals surface area contributed by atoms with Gasteiger partial charge >= 0.3 is 5.97 Å². The van der Waals surface area contributed by atoms with E-state index >= 15 is 0 Å². The smallest absolute Gasteiger partial charge is 0.303 e. The standard InChI is InChI=1S/C15H17F2NO3/c1-8(4-14(19)20)7-18-15(21)12-6-11(12)10-3-2-9(16)5-13(10)17/h2-3,5,8,11-12H,4,6-7H2,1H3,(H,18,21)(H,19,20). The Kier molecular flexibility index (Phi) is 4.55. The molecule has 4 nitrogen and oxygen atoms in total. The van der Waals surface area contributed by atoms with Crippen molar-refractivity contribution in [2.24, 2.45) is 11.8 Å². The molecule has 2 N–H and O–H groups in total. The Morgan fingerprint density at radius 2 is 2.14 bits per heavy atom. The zero-order valence-corrected chi connectivity index (χ0v) is 11.6. The minimum Gasteiger partial charge on any atom is -0.481 e. The molecule has 0 aromatic heterocycles. The zero-order chi connectivity index (χ0) is 15.6. The molecule has 1 aliphatic rings. The van der Waals surface area contributed by atoms with Crippen molar-refractivity contribution in [1.29, 1.82) is 0 Å². The van der Waals surface area contributed by atoms with Crippen LogP contribution in [-0.4, -0.2) is 23.5 Å². The molecule has 3 unspecified atom stereocenters. The highest BCUT2D eigenvalue weighted by Crippen LogP contribution is 2.48. The first-order valence-corrected chi connectivity index (χ1v) is 6.83. The third-order valence-corrected chi connectivity index (χ3v) is 3.64. The van der Waals surface area contributed by atoms with Crippen LogP contribution in [0, 0.1) is 23.5 Å². The molecule has 3 atom stereocenters. The SMILES string of the molecule is CC(CNC(=O)C1CC1c1ccc(F)cc1F)CC(=O)O. The van der Waals surface area contributed by atoms with Crippen LogP contribution in [0.5, 0.6) is 0 Å². The fourth-order valence-corrected chi connectivity index (χ4v) is 2.41. The Hall–Kier alpha value is -1.98. The number of carbonyl (C=O) groups excluding carboxylic acids is 1. The van der Waals surface area contributed by atoms with E-state index in [-0.39, 0.29) is 36.6 Å². The molecule has 1 amide bonds. The number of benzene rings is 1. The van der Waals surface area contributed by atoms with Gasteiger partial charge in [-0.2, -0.15) is 0 Å². The first-order valence-electron chi connectivity index (χ1n) is 6.83. The Balaban J connectivity index is 1.85. The van der Waals surface area contributed by atoms with Gasteiger partial charge in [-0.25, -0.2) is 8.78 Å². The van der Waals surface area contributed by atoms with E-state index in [4.69, 9.17) is 5.11 Å². The molecule has 0 aliphatic heterocycles. The molecule has 2 rings (SSSR count). The van der Waals surface area contributed by atoms with Crippen molar-refractivity contribution in [3.05, 3.63) is 35.4 Å². The van der Waals surface area contributed by atoms with E-state index < -0.39 is 17.6 Å². The molecule has 0 spiro atoms. The van der Waals surface area contributed by atoms with Crippen LogP contribution in [0.4, 0.5) is 8.78 Å². The molecule has 1 aromatic carbocycles. The van der Waals surface area contributed by atoms with Crippen LogP contribution in [0.1, 0.15) is 31.2 Å². The summed E-state index contributed by atoms with van der Waals surface area (Å²) in [5.41, 5.74) is 0.357. The summed E-state index contributed by atoms with van der Waals surface area (Å²) < 4.78 is 26.4. The van der Waals surface area contributed by atoms with Crippen LogP contribution in [0.25, 0.3) is 0 Å². The Morgan fingerprint density at radius 3 is 2.76 bits per heavy atom. The fraction of sp³-hybridized carbons (Fsp3) is 0.467. The molecule has 114 valence electrons. The van der Waals surface area contributed by atoms with Gasteiger partial charge in [-0.1, -0.05) is 13.0 Å². The number of aliphatic carboxylic acids is 1. The van der Waals surface area contributed by atoms with Gasteiger partial charge in [0, 0.05) is 24.9 Å². The van der Waals surface area contributed by atoms with Crippen LogP contribution in [0.15, 0.2) is 18.2 Å². The van der Waals surface area contributed by atoms with Crippen LogP contribution in [0.2, 0.25) is 0 Å². The van der Waals surface area contributed by atoms with Crippen LogP contribution in [-0.2, 0) is 9.59 Å². The lowest BCUT2D eigenvalue weighted by Gasteiger charge is -2.10. The van der Waals surface area contributed by atoms with Gasteiger partial charge in [-0.05, 0) is 29.9 Å². The van der Waals surface area contributed by atoms with E-state index in [0.717, 1.165) is 6.07 Å². The molecule has 6 heteroatoms. The van der Waals surface area contributed by atoms with E-state index in [2.05, 4.69) is 5.32 Å². The monoisotopic (exact) mass is 297 g/mol. The number of hydrogen-bond acceptors (Lipinski definition) is 2. The summed E-state index contributed by atoms with van der Waals surface area (Å²) in [5.74, 6) is -3.08. The van der Waals surface area contributed by atoms with E-state index in [1.807, 2.05) is 0 Å². The maximum atomic E-state index is 13.6. The van der Waals surface area contributed by atoms with Crippen molar-refractivity contribution in [2.75, 3.05) is 6.54 Å². The number of nitrogens with one attached hydrogen (secondary N) is 1. The number of rotatable bonds is 6. The number of carboxylic acids is 1. The molecule has 1 aliphatic carbocycles. The summed E-state index contributed by atoms with van der Waals surface area (Å²) in [6.07, 6.45) is 0.517. The van der Waals surface area contributed by atoms with Gasteiger partial charge in [0.05, 0.1) is 0 Å². The third kappa shape index (κ3) is 4.00. The fourth-order valence-electron chi connectivity index (χ4n) is 2.41. The zero-order valence-electron chi connectivity index (χ0n) is 11.6. The highest BCUT2D eigenvalue weighted by atomic mass is 19.1. The average molecular weight is 297 g/mol. The first kappa shape index (κ1) is 15.4. The van der Waals surface area contributed by atoms with E-state index in [1.54, 1.807) is 6.92 Å². The number of carbonyl (C=O) groups is 2. The predicted octanol–water partition coefficient (Wildman–Crippen LogP) is 2.30. The summed E-state index contributed by atoms with van der Waals surface area (Å²) in [6.45, 7) is 2.01. The highest BCUT2D eigenvalue weighted by Gasteiger charge is 2.45. The van der Waals surface area contributed by atoms with Gasteiger partial charge in [0.1, 0.15) is 11.6 Å². The second kappa shape index (κ2) is 6.20. The first-order chi connectivity index (χ1) is 9.88. The molecule has 21 heavy (non-hydrogen) atoms. The Morgan fingerprint density at radius 1 is 1.43 bits per heavy atom. The summed E-state index contributed by atoms with van der Waals surface area (Å²) >= 11 is 0. The molecule has 0 saturated heterocycles. The quantitative estimate of drug-likeness (QED) is 0.846. The summed E-state index contributed by atoms with van der Waals surface area (Å²) in [6, 6.07) is 3.37. The van der Waals surface area contributed by atoms with E-state index in [0.29, 0.717) is 12.0 Å². The third-order valence-electron chi connectivity index (χ3n) is 3.64. The number of amides is 1. The Bertz CT molecular complexity index is 562. The number of halogens is 2. The van der Waals surface area contributed by atoms with E-state index in [1.165, 1.54) is 12.1 Å². The molecule has 0 radical (unpaired) electrons.